The molecule has 0 unspecified atom stereocenters. The van der Waals surface area contributed by atoms with Crippen molar-refractivity contribution in [1.82, 2.24) is 4.98 Å². The lowest BCUT2D eigenvalue weighted by Gasteiger charge is -2.20. The van der Waals surface area contributed by atoms with Gasteiger partial charge in [0.05, 0.1) is 18.0 Å². The second kappa shape index (κ2) is 4.20. The molecule has 1 fully saturated rings. The summed E-state index contributed by atoms with van der Waals surface area (Å²) in [6.45, 7) is 0. The molecule has 4 nitrogen and oxygen atoms in total. The Labute approximate surface area is 96.8 Å². The number of anilines is 2. The molecule has 1 aliphatic rings. The maximum Gasteiger partial charge on any atom is 0.148 e. The van der Waals surface area contributed by atoms with Crippen LogP contribution in [0.3, 0.4) is 0 Å². The zero-order valence-electron chi connectivity index (χ0n) is 10.4. The number of hydrogen-bond donors (Lipinski definition) is 0. The number of rotatable bonds is 4. The zero-order chi connectivity index (χ0) is 11.7. The number of aromatic nitrogens is 1. The van der Waals surface area contributed by atoms with Crippen LogP contribution in [0.5, 0.6) is 5.75 Å². The number of hydrogen-bond acceptors (Lipinski definition) is 4. The Hall–Kier alpha value is -1.45. The molecule has 0 amide bonds. The van der Waals surface area contributed by atoms with E-state index in [4.69, 9.17) is 4.74 Å². The Bertz CT molecular complexity index is 373. The van der Waals surface area contributed by atoms with Crippen LogP contribution in [0.4, 0.5) is 11.5 Å². The van der Waals surface area contributed by atoms with Gasteiger partial charge in [-0.3, -0.25) is 0 Å². The van der Waals surface area contributed by atoms with E-state index in [9.17, 15) is 0 Å². The van der Waals surface area contributed by atoms with Gasteiger partial charge >= 0.3 is 0 Å². The van der Waals surface area contributed by atoms with Crippen molar-refractivity contribution in [3.63, 3.8) is 0 Å². The summed E-state index contributed by atoms with van der Waals surface area (Å²) in [5.74, 6) is 1.87. The van der Waals surface area contributed by atoms with E-state index in [1.54, 1.807) is 0 Å². The van der Waals surface area contributed by atoms with Gasteiger partial charge < -0.3 is 14.5 Å². The molecule has 2 rings (SSSR count). The third-order valence-corrected chi connectivity index (χ3v) is 2.59. The summed E-state index contributed by atoms with van der Waals surface area (Å²) < 4.78 is 5.90. The quantitative estimate of drug-likeness (QED) is 0.774. The number of ether oxygens (including phenoxy) is 1. The molecule has 0 aromatic carbocycles. The van der Waals surface area contributed by atoms with Crippen molar-refractivity contribution in [2.75, 3.05) is 38.0 Å². The molecule has 0 spiro atoms. The summed E-state index contributed by atoms with van der Waals surface area (Å²) >= 11 is 0. The summed E-state index contributed by atoms with van der Waals surface area (Å²) in [5, 5.41) is 0. The summed E-state index contributed by atoms with van der Waals surface area (Å²) in [6, 6.07) is 2.01. The van der Waals surface area contributed by atoms with Gasteiger partial charge in [-0.1, -0.05) is 0 Å². The van der Waals surface area contributed by atoms with E-state index in [2.05, 4.69) is 4.98 Å². The molecule has 0 radical (unpaired) electrons. The van der Waals surface area contributed by atoms with Crippen LogP contribution in [-0.4, -0.2) is 39.3 Å². The van der Waals surface area contributed by atoms with Crippen LogP contribution in [-0.2, 0) is 0 Å². The minimum Gasteiger partial charge on any atom is -0.488 e. The van der Waals surface area contributed by atoms with E-state index in [1.807, 2.05) is 50.3 Å². The normalized spacial score (nSPS) is 14.8. The second-order valence-corrected chi connectivity index (χ2v) is 4.62. The lowest BCUT2D eigenvalue weighted by molar-refractivity contribution is 0.303. The van der Waals surface area contributed by atoms with Gasteiger partial charge in [-0.2, -0.15) is 0 Å². The first-order valence-corrected chi connectivity index (χ1v) is 5.59. The molecule has 0 N–H and O–H groups in total. The average Bonchev–Trinajstić information content (AvgIpc) is 3.01. The standard InChI is InChI=1S/C12H19N3O/c1-14(2)10-8-13-12(15(3)4)7-11(10)16-9-5-6-9/h7-9H,5-6H2,1-4H3. The molecule has 0 bridgehead atoms. The van der Waals surface area contributed by atoms with Gasteiger partial charge in [-0.05, 0) is 12.8 Å². The molecular formula is C12H19N3O. The van der Waals surface area contributed by atoms with Crippen LogP contribution in [0.1, 0.15) is 12.8 Å². The molecule has 16 heavy (non-hydrogen) atoms. The van der Waals surface area contributed by atoms with Crippen molar-refractivity contribution in [3.8, 4) is 5.75 Å². The van der Waals surface area contributed by atoms with E-state index >= 15 is 0 Å². The fourth-order valence-corrected chi connectivity index (χ4v) is 1.46. The van der Waals surface area contributed by atoms with Crippen LogP contribution in [0, 0.1) is 0 Å². The van der Waals surface area contributed by atoms with Crippen molar-refractivity contribution in [3.05, 3.63) is 12.3 Å². The third-order valence-electron chi connectivity index (χ3n) is 2.59. The largest absolute Gasteiger partial charge is 0.488 e. The van der Waals surface area contributed by atoms with Gasteiger partial charge in [0.25, 0.3) is 0 Å². The molecule has 1 heterocycles. The minimum absolute atomic E-state index is 0.413. The Balaban J connectivity index is 2.29. The maximum atomic E-state index is 5.90. The van der Waals surface area contributed by atoms with Crippen molar-refractivity contribution in [2.24, 2.45) is 0 Å². The van der Waals surface area contributed by atoms with Gasteiger partial charge in [0.2, 0.25) is 0 Å². The predicted molar refractivity (Wildman–Crippen MR) is 66.5 cm³/mol. The molecule has 1 aromatic rings. The van der Waals surface area contributed by atoms with Gasteiger partial charge in [0.15, 0.2) is 0 Å². The van der Waals surface area contributed by atoms with Crippen molar-refractivity contribution < 1.29 is 4.74 Å². The number of pyridine rings is 1. The monoisotopic (exact) mass is 221 g/mol. The van der Waals surface area contributed by atoms with E-state index in [0.29, 0.717) is 6.10 Å². The Morgan fingerprint density at radius 2 is 1.88 bits per heavy atom. The zero-order valence-corrected chi connectivity index (χ0v) is 10.4. The van der Waals surface area contributed by atoms with E-state index < -0.39 is 0 Å². The Kier molecular flexibility index (Phi) is 2.90. The fraction of sp³-hybridized carbons (Fsp3) is 0.583. The summed E-state index contributed by atoms with van der Waals surface area (Å²) in [7, 11) is 7.98. The smallest absolute Gasteiger partial charge is 0.148 e. The lowest BCUT2D eigenvalue weighted by Crippen LogP contribution is -2.15. The average molecular weight is 221 g/mol. The maximum absolute atomic E-state index is 5.90. The minimum atomic E-state index is 0.413. The molecular weight excluding hydrogens is 202 g/mol. The number of nitrogens with zero attached hydrogens (tertiary/aromatic N) is 3. The topological polar surface area (TPSA) is 28.6 Å². The van der Waals surface area contributed by atoms with E-state index in [0.717, 1.165) is 17.3 Å². The first-order chi connectivity index (χ1) is 7.58. The van der Waals surface area contributed by atoms with E-state index in [-0.39, 0.29) is 0 Å². The van der Waals surface area contributed by atoms with Crippen LogP contribution in [0.25, 0.3) is 0 Å². The summed E-state index contributed by atoms with van der Waals surface area (Å²) in [4.78, 5) is 8.41. The predicted octanol–water partition coefficient (Wildman–Crippen LogP) is 1.75. The molecule has 0 saturated heterocycles. The molecule has 0 atom stereocenters. The molecule has 4 heteroatoms. The fourth-order valence-electron chi connectivity index (χ4n) is 1.46. The highest BCUT2D eigenvalue weighted by Crippen LogP contribution is 2.34. The molecule has 1 saturated carbocycles. The molecule has 0 aliphatic heterocycles. The highest BCUT2D eigenvalue weighted by Gasteiger charge is 2.25. The molecule has 1 aromatic heterocycles. The summed E-state index contributed by atoms with van der Waals surface area (Å²) in [5.41, 5.74) is 1.04. The van der Waals surface area contributed by atoms with Crippen molar-refractivity contribution in [2.45, 2.75) is 18.9 Å². The van der Waals surface area contributed by atoms with Gasteiger partial charge in [-0.15, -0.1) is 0 Å². The van der Waals surface area contributed by atoms with Crippen molar-refractivity contribution >= 4 is 11.5 Å². The first-order valence-electron chi connectivity index (χ1n) is 5.59. The van der Waals surface area contributed by atoms with Gasteiger partial charge in [0, 0.05) is 34.3 Å². The van der Waals surface area contributed by atoms with Gasteiger partial charge in [0.1, 0.15) is 11.6 Å². The Morgan fingerprint density at radius 1 is 1.19 bits per heavy atom. The van der Waals surface area contributed by atoms with Crippen LogP contribution in [0.15, 0.2) is 12.3 Å². The van der Waals surface area contributed by atoms with Gasteiger partial charge in [-0.25, -0.2) is 4.98 Å². The SMILES string of the molecule is CN(C)c1cc(OC2CC2)c(N(C)C)cn1. The molecule has 88 valence electrons. The second-order valence-electron chi connectivity index (χ2n) is 4.62. The van der Waals surface area contributed by atoms with Crippen molar-refractivity contribution in [1.29, 1.82) is 0 Å². The van der Waals surface area contributed by atoms with Crippen LogP contribution in [0.2, 0.25) is 0 Å². The highest BCUT2D eigenvalue weighted by atomic mass is 16.5. The summed E-state index contributed by atoms with van der Waals surface area (Å²) in [6.07, 6.45) is 4.63. The van der Waals surface area contributed by atoms with Crippen LogP contribution >= 0.6 is 0 Å². The van der Waals surface area contributed by atoms with E-state index in [1.165, 1.54) is 12.8 Å². The Morgan fingerprint density at radius 3 is 2.38 bits per heavy atom. The highest BCUT2D eigenvalue weighted by molar-refractivity contribution is 5.61. The molecule has 1 aliphatic carbocycles. The first kappa shape index (κ1) is 11.0. The van der Waals surface area contributed by atoms with Crippen LogP contribution < -0.4 is 14.5 Å². The lowest BCUT2D eigenvalue weighted by atomic mass is 10.3. The third kappa shape index (κ3) is 2.38.